The molecule has 0 radical (unpaired) electrons. The number of hydrogen-bond acceptors (Lipinski definition) is 5. The lowest BCUT2D eigenvalue weighted by Crippen LogP contribution is -2.51. The van der Waals surface area contributed by atoms with E-state index in [1.54, 1.807) is 0 Å². The first-order chi connectivity index (χ1) is 11.3. The zero-order chi connectivity index (χ0) is 15.6. The molecule has 0 bridgehead atoms. The number of hydrogen-bond donors (Lipinski definition) is 1. The van der Waals surface area contributed by atoms with E-state index in [0.717, 1.165) is 23.8 Å². The Balaban J connectivity index is 0.00000113. The van der Waals surface area contributed by atoms with Crippen molar-refractivity contribution in [1.82, 2.24) is 25.0 Å². The number of fused-ring (bicyclic) bond motifs is 1. The lowest BCUT2D eigenvalue weighted by Gasteiger charge is -2.32. The van der Waals surface area contributed by atoms with Crippen LogP contribution in [0.2, 0.25) is 0 Å². The molecule has 4 rings (SSSR count). The van der Waals surface area contributed by atoms with E-state index in [1.165, 1.54) is 0 Å². The Morgan fingerprint density at radius 3 is 2.68 bits per heavy atom. The summed E-state index contributed by atoms with van der Waals surface area (Å²) >= 11 is 0. The molecule has 1 amide bonds. The van der Waals surface area contributed by atoms with E-state index < -0.39 is 0 Å². The maximum absolute atomic E-state index is 12.5. The van der Waals surface area contributed by atoms with Crippen molar-refractivity contribution in [1.29, 1.82) is 0 Å². The molecule has 136 valence electrons. The van der Waals surface area contributed by atoms with Crippen LogP contribution in [-0.4, -0.2) is 57.9 Å². The Kier molecular flexibility index (Phi) is 6.78. The molecular formula is C16H21Cl2N5O2. The minimum Gasteiger partial charge on any atom is -0.366 e. The first-order valence-corrected chi connectivity index (χ1v) is 7.91. The second-order valence-electron chi connectivity index (χ2n) is 5.78. The maximum Gasteiger partial charge on any atom is 0.253 e. The second-order valence-corrected chi connectivity index (χ2v) is 5.78. The van der Waals surface area contributed by atoms with Gasteiger partial charge in [0.25, 0.3) is 5.91 Å². The largest absolute Gasteiger partial charge is 0.366 e. The van der Waals surface area contributed by atoms with Crippen molar-refractivity contribution in [2.24, 2.45) is 0 Å². The standard InChI is InChI=1S/C16H19N5O2.2ClH/c22-16(13-10-17-6-9-23-13)20-7-8-21-14(11-20)18-19-15(21)12-4-2-1-3-5-12;;/h1-5,13,17H,6-11H2;2*1H. The van der Waals surface area contributed by atoms with Gasteiger partial charge in [-0.2, -0.15) is 0 Å². The molecule has 3 heterocycles. The van der Waals surface area contributed by atoms with E-state index in [2.05, 4.69) is 20.1 Å². The average molecular weight is 386 g/mol. The molecule has 1 unspecified atom stereocenters. The van der Waals surface area contributed by atoms with Gasteiger partial charge in [0.15, 0.2) is 11.6 Å². The molecule has 25 heavy (non-hydrogen) atoms. The Hall–Kier alpha value is -1.67. The van der Waals surface area contributed by atoms with Gasteiger partial charge >= 0.3 is 0 Å². The number of benzene rings is 1. The van der Waals surface area contributed by atoms with Crippen molar-refractivity contribution < 1.29 is 9.53 Å². The molecular weight excluding hydrogens is 365 g/mol. The van der Waals surface area contributed by atoms with E-state index in [-0.39, 0.29) is 36.8 Å². The van der Waals surface area contributed by atoms with Gasteiger partial charge in [-0.05, 0) is 0 Å². The number of ether oxygens (including phenoxy) is 1. The van der Waals surface area contributed by atoms with Crippen molar-refractivity contribution in [3.05, 3.63) is 36.2 Å². The van der Waals surface area contributed by atoms with Crippen LogP contribution in [0, 0.1) is 0 Å². The van der Waals surface area contributed by atoms with Crippen LogP contribution in [-0.2, 0) is 22.6 Å². The fraction of sp³-hybridized carbons (Fsp3) is 0.438. The first-order valence-electron chi connectivity index (χ1n) is 7.91. The SMILES string of the molecule is Cl.Cl.O=C(C1CNCCO1)N1CCn2c(nnc2-c2ccccc2)C1. The number of morpholine rings is 1. The molecule has 1 aromatic heterocycles. The van der Waals surface area contributed by atoms with E-state index in [0.29, 0.717) is 32.8 Å². The maximum atomic E-state index is 12.5. The van der Waals surface area contributed by atoms with Crippen molar-refractivity contribution in [3.8, 4) is 11.4 Å². The quantitative estimate of drug-likeness (QED) is 0.838. The predicted octanol–water partition coefficient (Wildman–Crippen LogP) is 1.12. The highest BCUT2D eigenvalue weighted by atomic mass is 35.5. The lowest BCUT2D eigenvalue weighted by molar-refractivity contribution is -0.146. The van der Waals surface area contributed by atoms with E-state index in [4.69, 9.17) is 4.74 Å². The van der Waals surface area contributed by atoms with Crippen molar-refractivity contribution >= 4 is 30.7 Å². The van der Waals surface area contributed by atoms with Gasteiger partial charge in [0.1, 0.15) is 6.10 Å². The summed E-state index contributed by atoms with van der Waals surface area (Å²) in [6, 6.07) is 10.0. The zero-order valence-electron chi connectivity index (χ0n) is 13.6. The van der Waals surface area contributed by atoms with Crippen molar-refractivity contribution in [2.75, 3.05) is 26.2 Å². The summed E-state index contributed by atoms with van der Waals surface area (Å²) in [6.45, 7) is 3.81. The Labute approximate surface area is 158 Å². The third-order valence-corrected chi connectivity index (χ3v) is 4.30. The van der Waals surface area contributed by atoms with Crippen LogP contribution in [0.25, 0.3) is 11.4 Å². The number of nitrogens with zero attached hydrogens (tertiary/aromatic N) is 4. The Bertz CT molecular complexity index is 704. The van der Waals surface area contributed by atoms with Gasteiger partial charge in [0, 0.05) is 31.7 Å². The van der Waals surface area contributed by atoms with Crippen molar-refractivity contribution in [2.45, 2.75) is 19.2 Å². The number of amides is 1. The molecule has 0 aliphatic carbocycles. The number of rotatable bonds is 2. The van der Waals surface area contributed by atoms with E-state index >= 15 is 0 Å². The molecule has 1 atom stereocenters. The van der Waals surface area contributed by atoms with Gasteiger partial charge in [-0.3, -0.25) is 4.79 Å². The summed E-state index contributed by atoms with van der Waals surface area (Å²) in [5, 5.41) is 11.8. The van der Waals surface area contributed by atoms with Crippen LogP contribution in [0.3, 0.4) is 0 Å². The normalized spacial score (nSPS) is 19.4. The van der Waals surface area contributed by atoms with Gasteiger partial charge in [0.2, 0.25) is 0 Å². The second kappa shape index (κ2) is 8.62. The van der Waals surface area contributed by atoms with E-state index in [9.17, 15) is 4.79 Å². The molecule has 1 aromatic carbocycles. The fourth-order valence-corrected chi connectivity index (χ4v) is 3.07. The molecule has 1 N–H and O–H groups in total. The first kappa shape index (κ1) is 19.7. The summed E-state index contributed by atoms with van der Waals surface area (Å²) in [4.78, 5) is 14.4. The third-order valence-electron chi connectivity index (χ3n) is 4.30. The van der Waals surface area contributed by atoms with Gasteiger partial charge in [-0.15, -0.1) is 35.0 Å². The summed E-state index contributed by atoms with van der Waals surface area (Å²) in [5.41, 5.74) is 1.05. The van der Waals surface area contributed by atoms with Gasteiger partial charge in [-0.1, -0.05) is 30.3 Å². The summed E-state index contributed by atoms with van der Waals surface area (Å²) in [6.07, 6.45) is -0.383. The summed E-state index contributed by atoms with van der Waals surface area (Å²) in [5.74, 6) is 1.73. The molecule has 2 aliphatic rings. The van der Waals surface area contributed by atoms with Gasteiger partial charge < -0.3 is 19.5 Å². The number of carbonyl (C=O) groups is 1. The van der Waals surface area contributed by atoms with Crippen molar-refractivity contribution in [3.63, 3.8) is 0 Å². The number of carbonyl (C=O) groups excluding carboxylic acids is 1. The topological polar surface area (TPSA) is 72.3 Å². The molecule has 9 heteroatoms. The van der Waals surface area contributed by atoms with Gasteiger partial charge in [-0.25, -0.2) is 0 Å². The van der Waals surface area contributed by atoms with Crippen LogP contribution in [0.5, 0.6) is 0 Å². The van der Waals surface area contributed by atoms with Crippen LogP contribution in [0.1, 0.15) is 5.82 Å². The zero-order valence-corrected chi connectivity index (χ0v) is 15.3. The highest BCUT2D eigenvalue weighted by Crippen LogP contribution is 2.22. The molecule has 0 spiro atoms. The van der Waals surface area contributed by atoms with Crippen LogP contribution in [0.15, 0.2) is 30.3 Å². The molecule has 7 nitrogen and oxygen atoms in total. The highest BCUT2D eigenvalue weighted by Gasteiger charge is 2.30. The van der Waals surface area contributed by atoms with E-state index in [1.807, 2.05) is 35.2 Å². The molecule has 1 fully saturated rings. The Morgan fingerprint density at radius 1 is 1.16 bits per heavy atom. The van der Waals surface area contributed by atoms with Crippen LogP contribution >= 0.6 is 24.8 Å². The molecule has 2 aromatic rings. The lowest BCUT2D eigenvalue weighted by atomic mass is 10.2. The fourth-order valence-electron chi connectivity index (χ4n) is 3.07. The average Bonchev–Trinajstić information content (AvgIpc) is 3.06. The Morgan fingerprint density at radius 2 is 1.96 bits per heavy atom. The number of halogens is 2. The molecule has 1 saturated heterocycles. The molecule has 2 aliphatic heterocycles. The van der Waals surface area contributed by atoms with Crippen LogP contribution < -0.4 is 5.32 Å². The minimum absolute atomic E-state index is 0. The van der Waals surface area contributed by atoms with Gasteiger partial charge in [0.05, 0.1) is 13.2 Å². The predicted molar refractivity (Wildman–Crippen MR) is 98.0 cm³/mol. The third kappa shape index (κ3) is 3.95. The summed E-state index contributed by atoms with van der Waals surface area (Å²) in [7, 11) is 0. The number of aromatic nitrogens is 3. The smallest absolute Gasteiger partial charge is 0.253 e. The summed E-state index contributed by atoms with van der Waals surface area (Å²) < 4.78 is 7.66. The monoisotopic (exact) mass is 385 g/mol. The highest BCUT2D eigenvalue weighted by molar-refractivity contribution is 5.85. The number of nitrogens with one attached hydrogen (secondary N) is 1. The van der Waals surface area contributed by atoms with Crippen LogP contribution in [0.4, 0.5) is 0 Å². The molecule has 0 saturated carbocycles. The minimum atomic E-state index is -0.383.